The summed E-state index contributed by atoms with van der Waals surface area (Å²) in [5, 5.41) is 13.1. The minimum absolute atomic E-state index is 0.109. The summed E-state index contributed by atoms with van der Waals surface area (Å²) in [5.74, 6) is 0.754. The second-order valence-electron chi connectivity index (χ2n) is 6.92. The largest absolute Gasteiger partial charge is 0.396 e. The van der Waals surface area contributed by atoms with E-state index in [1.54, 1.807) is 11.0 Å². The van der Waals surface area contributed by atoms with Crippen LogP contribution < -0.4 is 0 Å². The summed E-state index contributed by atoms with van der Waals surface area (Å²) in [4.78, 5) is 32.5. The molecule has 0 aliphatic carbocycles. The Hall–Kier alpha value is -1.96. The first-order valence-corrected chi connectivity index (χ1v) is 9.19. The number of rotatable bonds is 7. The van der Waals surface area contributed by atoms with Crippen molar-refractivity contribution in [3.8, 4) is 0 Å². The zero-order chi connectivity index (χ0) is 17.6. The van der Waals surface area contributed by atoms with Crippen LogP contribution in [0.15, 0.2) is 12.7 Å². The molecule has 2 amide bonds. The van der Waals surface area contributed by atoms with Crippen molar-refractivity contribution in [1.82, 2.24) is 24.6 Å². The SMILES string of the molecule is O=C(CCCn1cncn1)N1CC[C@@H]2[C@@H](CCC(=O)N2CCCO)C1. The molecule has 0 bridgehead atoms. The Labute approximate surface area is 147 Å². The summed E-state index contributed by atoms with van der Waals surface area (Å²) < 4.78 is 1.74. The molecule has 1 N–H and O–H groups in total. The number of piperidine rings is 2. The molecule has 138 valence electrons. The van der Waals surface area contributed by atoms with E-state index in [9.17, 15) is 9.59 Å². The highest BCUT2D eigenvalue weighted by molar-refractivity contribution is 5.78. The predicted octanol–water partition coefficient (Wildman–Crippen LogP) is 0.280. The number of amides is 2. The van der Waals surface area contributed by atoms with E-state index >= 15 is 0 Å². The Morgan fingerprint density at radius 3 is 2.92 bits per heavy atom. The number of hydrogen-bond donors (Lipinski definition) is 1. The molecule has 2 fully saturated rings. The summed E-state index contributed by atoms with van der Waals surface area (Å²) >= 11 is 0. The molecular formula is C17H27N5O3. The van der Waals surface area contributed by atoms with E-state index < -0.39 is 0 Å². The molecule has 25 heavy (non-hydrogen) atoms. The van der Waals surface area contributed by atoms with Gasteiger partial charge in [0, 0.05) is 51.7 Å². The summed E-state index contributed by atoms with van der Waals surface area (Å²) in [6.07, 6.45) is 7.33. The van der Waals surface area contributed by atoms with Gasteiger partial charge >= 0.3 is 0 Å². The Kier molecular flexibility index (Phi) is 6.01. The van der Waals surface area contributed by atoms with Crippen molar-refractivity contribution < 1.29 is 14.7 Å². The normalized spacial score (nSPS) is 23.6. The molecule has 1 aromatic heterocycles. The number of hydrogen-bond acceptors (Lipinski definition) is 5. The highest BCUT2D eigenvalue weighted by Crippen LogP contribution is 2.31. The van der Waals surface area contributed by atoms with E-state index in [2.05, 4.69) is 10.1 Å². The lowest BCUT2D eigenvalue weighted by Crippen LogP contribution is -2.57. The van der Waals surface area contributed by atoms with Crippen molar-refractivity contribution in [1.29, 1.82) is 0 Å². The van der Waals surface area contributed by atoms with Gasteiger partial charge in [-0.25, -0.2) is 4.98 Å². The van der Waals surface area contributed by atoms with E-state index in [1.165, 1.54) is 6.33 Å². The molecule has 0 spiro atoms. The molecule has 2 aliphatic rings. The molecule has 0 radical (unpaired) electrons. The van der Waals surface area contributed by atoms with E-state index in [-0.39, 0.29) is 24.5 Å². The lowest BCUT2D eigenvalue weighted by atomic mass is 9.83. The summed E-state index contributed by atoms with van der Waals surface area (Å²) in [5.41, 5.74) is 0. The van der Waals surface area contributed by atoms with Gasteiger partial charge in [0.2, 0.25) is 11.8 Å². The number of fused-ring (bicyclic) bond motifs is 1. The van der Waals surface area contributed by atoms with Crippen molar-refractivity contribution in [3.63, 3.8) is 0 Å². The molecule has 2 atom stereocenters. The highest BCUT2D eigenvalue weighted by Gasteiger charge is 2.39. The number of aliphatic hydroxyl groups is 1. The van der Waals surface area contributed by atoms with Gasteiger partial charge in [-0.1, -0.05) is 0 Å². The summed E-state index contributed by atoms with van der Waals surface area (Å²) in [6, 6.07) is 0.229. The van der Waals surface area contributed by atoms with Gasteiger partial charge in [-0.15, -0.1) is 0 Å². The lowest BCUT2D eigenvalue weighted by molar-refractivity contribution is -0.144. The topological polar surface area (TPSA) is 91.6 Å². The zero-order valence-corrected chi connectivity index (χ0v) is 14.6. The smallest absolute Gasteiger partial charge is 0.222 e. The molecule has 2 aliphatic heterocycles. The Morgan fingerprint density at radius 2 is 2.16 bits per heavy atom. The third-order valence-electron chi connectivity index (χ3n) is 5.30. The van der Waals surface area contributed by atoms with Gasteiger partial charge in [-0.2, -0.15) is 5.10 Å². The second kappa shape index (κ2) is 8.42. The molecular weight excluding hydrogens is 322 g/mol. The first kappa shape index (κ1) is 17.8. The molecule has 3 rings (SSSR count). The first-order chi connectivity index (χ1) is 12.2. The fraction of sp³-hybridized carbons (Fsp3) is 0.765. The van der Waals surface area contributed by atoms with E-state index in [0.29, 0.717) is 44.8 Å². The molecule has 0 aromatic carbocycles. The molecule has 8 nitrogen and oxygen atoms in total. The quantitative estimate of drug-likeness (QED) is 0.763. The monoisotopic (exact) mass is 349 g/mol. The van der Waals surface area contributed by atoms with Gasteiger partial charge in [0.05, 0.1) is 0 Å². The molecule has 1 aromatic rings. The fourth-order valence-corrected chi connectivity index (χ4v) is 4.01. The van der Waals surface area contributed by atoms with Crippen LogP contribution in [-0.4, -0.2) is 73.8 Å². The molecule has 8 heteroatoms. The highest BCUT2D eigenvalue weighted by atomic mass is 16.3. The Balaban J connectivity index is 1.48. The van der Waals surface area contributed by atoms with Crippen LogP contribution in [-0.2, 0) is 16.1 Å². The average Bonchev–Trinajstić information content (AvgIpc) is 3.14. The minimum atomic E-state index is 0.109. The maximum absolute atomic E-state index is 12.5. The lowest BCUT2D eigenvalue weighted by Gasteiger charge is -2.47. The van der Waals surface area contributed by atoms with Crippen molar-refractivity contribution >= 4 is 11.8 Å². The van der Waals surface area contributed by atoms with Crippen LogP contribution in [0.2, 0.25) is 0 Å². The number of aliphatic hydroxyl groups excluding tert-OH is 1. The van der Waals surface area contributed by atoms with E-state index in [4.69, 9.17) is 5.11 Å². The number of aromatic nitrogens is 3. The van der Waals surface area contributed by atoms with Crippen LogP contribution in [0.5, 0.6) is 0 Å². The van der Waals surface area contributed by atoms with Crippen LogP contribution in [0.3, 0.4) is 0 Å². The van der Waals surface area contributed by atoms with Gasteiger partial charge in [0.25, 0.3) is 0 Å². The standard InChI is InChI=1S/C17H27N5O3/c23-10-2-8-22-15-6-9-20(11-14(15)4-5-17(22)25)16(24)3-1-7-21-13-18-12-19-21/h12-15,23H,1-11H2/t14-,15+/m0/s1. The number of aryl methyl sites for hydroxylation is 1. The predicted molar refractivity (Wildman–Crippen MR) is 90.4 cm³/mol. The van der Waals surface area contributed by atoms with Crippen LogP contribution in [0.1, 0.15) is 38.5 Å². The third-order valence-corrected chi connectivity index (χ3v) is 5.30. The minimum Gasteiger partial charge on any atom is -0.396 e. The number of carbonyl (C=O) groups is 2. The maximum atomic E-state index is 12.5. The van der Waals surface area contributed by atoms with Gasteiger partial charge in [-0.05, 0) is 31.6 Å². The van der Waals surface area contributed by atoms with Crippen LogP contribution in [0.4, 0.5) is 0 Å². The van der Waals surface area contributed by atoms with Crippen LogP contribution in [0.25, 0.3) is 0 Å². The van der Waals surface area contributed by atoms with E-state index in [1.807, 2.05) is 9.80 Å². The maximum Gasteiger partial charge on any atom is 0.222 e. The van der Waals surface area contributed by atoms with Gasteiger partial charge in [-0.3, -0.25) is 14.3 Å². The van der Waals surface area contributed by atoms with Crippen molar-refractivity contribution in [3.05, 3.63) is 12.7 Å². The first-order valence-electron chi connectivity index (χ1n) is 9.19. The van der Waals surface area contributed by atoms with Crippen molar-refractivity contribution in [2.24, 2.45) is 5.92 Å². The summed E-state index contributed by atoms with van der Waals surface area (Å²) in [6.45, 7) is 2.90. The van der Waals surface area contributed by atoms with Crippen LogP contribution in [0, 0.1) is 5.92 Å². The number of likely N-dealkylation sites (tertiary alicyclic amines) is 2. The Bertz CT molecular complexity index is 577. The number of carbonyl (C=O) groups excluding carboxylic acids is 2. The Morgan fingerprint density at radius 1 is 1.28 bits per heavy atom. The van der Waals surface area contributed by atoms with Crippen molar-refractivity contribution in [2.75, 3.05) is 26.2 Å². The van der Waals surface area contributed by atoms with Crippen molar-refractivity contribution in [2.45, 2.75) is 51.1 Å². The average molecular weight is 349 g/mol. The molecule has 2 saturated heterocycles. The van der Waals surface area contributed by atoms with Gasteiger partial charge in [0.1, 0.15) is 12.7 Å². The second-order valence-corrected chi connectivity index (χ2v) is 6.92. The van der Waals surface area contributed by atoms with Gasteiger partial charge < -0.3 is 14.9 Å². The van der Waals surface area contributed by atoms with Gasteiger partial charge in [0.15, 0.2) is 0 Å². The summed E-state index contributed by atoms with van der Waals surface area (Å²) in [7, 11) is 0. The molecule has 0 unspecified atom stereocenters. The van der Waals surface area contributed by atoms with Crippen LogP contribution >= 0.6 is 0 Å². The number of nitrogens with zero attached hydrogens (tertiary/aromatic N) is 5. The molecule has 0 saturated carbocycles. The third kappa shape index (κ3) is 4.36. The fourth-order valence-electron chi connectivity index (χ4n) is 4.01. The zero-order valence-electron chi connectivity index (χ0n) is 14.6. The van der Waals surface area contributed by atoms with E-state index in [0.717, 1.165) is 25.8 Å². The molecule has 3 heterocycles.